The van der Waals surface area contributed by atoms with Crippen LogP contribution < -0.4 is 21.7 Å². The molecule has 0 aliphatic rings. The lowest BCUT2D eigenvalue weighted by molar-refractivity contribution is -0.143. The van der Waals surface area contributed by atoms with Gasteiger partial charge in [0.1, 0.15) is 18.1 Å². The van der Waals surface area contributed by atoms with Crippen LogP contribution in [0.4, 0.5) is 0 Å². The Morgan fingerprint density at radius 2 is 1.34 bits per heavy atom. The Morgan fingerprint density at radius 3 is 1.84 bits per heavy atom. The van der Waals surface area contributed by atoms with E-state index in [9.17, 15) is 24.3 Å². The lowest BCUT2D eigenvalue weighted by Crippen LogP contribution is -2.59. The van der Waals surface area contributed by atoms with Crippen LogP contribution in [0.3, 0.4) is 0 Å². The Bertz CT molecular complexity index is 773. The number of carboxylic acid groups (broad SMARTS) is 1. The standard InChI is InChI=1S/C21H32N4O7/c1-12(2)8-14(22)18(28)23-15(9-13-6-4-3-5-7-13)19(29)24-16(10-26)20(30)25-17(11-27)21(31)32/h3-7,12,14-17,26-27H,8-11,22H2,1-2H3,(H,23,28)(H,24,29)(H,25,30)(H,31,32). The zero-order valence-electron chi connectivity index (χ0n) is 18.2. The SMILES string of the molecule is CC(C)CC(N)C(=O)NC(Cc1ccccc1)C(=O)NC(CO)C(=O)NC(CO)C(=O)O. The van der Waals surface area contributed by atoms with E-state index in [-0.39, 0.29) is 12.3 Å². The molecule has 8 N–H and O–H groups in total. The molecule has 0 spiro atoms. The molecule has 178 valence electrons. The zero-order valence-corrected chi connectivity index (χ0v) is 18.2. The average Bonchev–Trinajstić information content (AvgIpc) is 2.74. The van der Waals surface area contributed by atoms with Gasteiger partial charge in [-0.15, -0.1) is 0 Å². The first-order valence-electron chi connectivity index (χ1n) is 10.2. The number of rotatable bonds is 13. The van der Waals surface area contributed by atoms with Crippen LogP contribution in [-0.2, 0) is 25.6 Å². The third-order valence-corrected chi connectivity index (χ3v) is 4.59. The molecule has 11 heteroatoms. The molecule has 32 heavy (non-hydrogen) atoms. The van der Waals surface area contributed by atoms with Gasteiger partial charge < -0.3 is 37.0 Å². The Hall–Kier alpha value is -3.02. The van der Waals surface area contributed by atoms with Gasteiger partial charge >= 0.3 is 5.97 Å². The van der Waals surface area contributed by atoms with Crippen molar-refractivity contribution in [3.63, 3.8) is 0 Å². The molecule has 1 aromatic rings. The number of aliphatic hydroxyl groups excluding tert-OH is 2. The fourth-order valence-corrected chi connectivity index (χ4v) is 2.88. The van der Waals surface area contributed by atoms with Gasteiger partial charge in [-0.25, -0.2) is 4.79 Å². The predicted molar refractivity (Wildman–Crippen MR) is 115 cm³/mol. The van der Waals surface area contributed by atoms with Crippen LogP contribution in [0, 0.1) is 5.92 Å². The molecule has 0 aliphatic heterocycles. The number of carbonyl (C=O) groups is 4. The Morgan fingerprint density at radius 1 is 0.844 bits per heavy atom. The quantitative estimate of drug-likeness (QED) is 0.181. The Labute approximate surface area is 186 Å². The molecule has 0 aliphatic carbocycles. The number of hydrogen-bond acceptors (Lipinski definition) is 7. The summed E-state index contributed by atoms with van der Waals surface area (Å²) in [4.78, 5) is 48.6. The third kappa shape index (κ3) is 9.00. The topological polar surface area (TPSA) is 191 Å². The number of benzene rings is 1. The molecule has 1 rings (SSSR count). The van der Waals surface area contributed by atoms with E-state index in [1.54, 1.807) is 30.3 Å². The lowest BCUT2D eigenvalue weighted by Gasteiger charge is -2.24. The van der Waals surface area contributed by atoms with Crippen molar-refractivity contribution in [3.05, 3.63) is 35.9 Å². The van der Waals surface area contributed by atoms with Gasteiger partial charge in [-0.3, -0.25) is 14.4 Å². The van der Waals surface area contributed by atoms with Crippen molar-refractivity contribution in [1.29, 1.82) is 0 Å². The van der Waals surface area contributed by atoms with Crippen LogP contribution in [0.25, 0.3) is 0 Å². The van der Waals surface area contributed by atoms with E-state index >= 15 is 0 Å². The molecular weight excluding hydrogens is 420 g/mol. The molecular formula is C21H32N4O7. The highest BCUT2D eigenvalue weighted by Crippen LogP contribution is 2.07. The first-order valence-corrected chi connectivity index (χ1v) is 10.2. The summed E-state index contributed by atoms with van der Waals surface area (Å²) in [5, 5.41) is 34.4. The molecule has 0 heterocycles. The monoisotopic (exact) mass is 452 g/mol. The van der Waals surface area contributed by atoms with Gasteiger partial charge in [0.25, 0.3) is 0 Å². The number of amides is 3. The molecule has 0 radical (unpaired) electrons. The number of aliphatic carboxylic acids is 1. The Balaban J connectivity index is 2.96. The smallest absolute Gasteiger partial charge is 0.328 e. The number of nitrogens with two attached hydrogens (primary N) is 1. The largest absolute Gasteiger partial charge is 0.480 e. The average molecular weight is 453 g/mol. The number of carboxylic acids is 1. The number of nitrogens with one attached hydrogen (secondary N) is 3. The Kier molecular flexibility index (Phi) is 11.3. The summed E-state index contributed by atoms with van der Waals surface area (Å²) in [6.07, 6.45) is 0.506. The van der Waals surface area contributed by atoms with Crippen molar-refractivity contribution in [2.75, 3.05) is 13.2 Å². The maximum Gasteiger partial charge on any atom is 0.328 e. The highest BCUT2D eigenvalue weighted by molar-refractivity contribution is 5.94. The van der Waals surface area contributed by atoms with Crippen LogP contribution in [0.15, 0.2) is 30.3 Å². The predicted octanol–water partition coefficient (Wildman–Crippen LogP) is -1.87. The third-order valence-electron chi connectivity index (χ3n) is 4.59. The van der Waals surface area contributed by atoms with Crippen molar-refractivity contribution in [2.45, 2.75) is 50.9 Å². The fourth-order valence-electron chi connectivity index (χ4n) is 2.88. The molecule has 0 saturated carbocycles. The van der Waals surface area contributed by atoms with Crippen LogP contribution in [0.2, 0.25) is 0 Å². The van der Waals surface area contributed by atoms with Crippen LogP contribution in [-0.4, -0.2) is 76.4 Å². The van der Waals surface area contributed by atoms with E-state index < -0.39 is 61.1 Å². The summed E-state index contributed by atoms with van der Waals surface area (Å²) >= 11 is 0. The summed E-state index contributed by atoms with van der Waals surface area (Å²) in [6.45, 7) is 2.12. The van der Waals surface area contributed by atoms with Crippen LogP contribution in [0.1, 0.15) is 25.8 Å². The summed E-state index contributed by atoms with van der Waals surface area (Å²) in [7, 11) is 0. The molecule has 4 atom stereocenters. The number of hydrogen-bond donors (Lipinski definition) is 7. The van der Waals surface area contributed by atoms with Crippen molar-refractivity contribution in [3.8, 4) is 0 Å². The summed E-state index contributed by atoms with van der Waals surface area (Å²) in [5.74, 6) is -3.61. The number of aliphatic hydroxyl groups is 2. The minimum atomic E-state index is -1.60. The van der Waals surface area contributed by atoms with E-state index in [1.165, 1.54) is 0 Å². The summed E-state index contributed by atoms with van der Waals surface area (Å²) in [5.41, 5.74) is 6.64. The second-order valence-electron chi connectivity index (χ2n) is 7.81. The highest BCUT2D eigenvalue weighted by Gasteiger charge is 2.30. The first kappa shape index (κ1) is 27.0. The first-order chi connectivity index (χ1) is 15.1. The molecule has 11 nitrogen and oxygen atoms in total. The molecule has 0 saturated heterocycles. The second-order valence-corrected chi connectivity index (χ2v) is 7.81. The maximum atomic E-state index is 12.9. The summed E-state index contributed by atoms with van der Waals surface area (Å²) in [6, 6.07) is 3.82. The van der Waals surface area contributed by atoms with E-state index in [0.29, 0.717) is 6.42 Å². The maximum absolute atomic E-state index is 12.9. The van der Waals surface area contributed by atoms with E-state index in [1.807, 2.05) is 19.2 Å². The lowest BCUT2D eigenvalue weighted by atomic mass is 10.0. The van der Waals surface area contributed by atoms with Gasteiger partial charge in [-0.05, 0) is 17.9 Å². The van der Waals surface area contributed by atoms with Crippen LogP contribution >= 0.6 is 0 Å². The molecule has 4 unspecified atom stereocenters. The van der Waals surface area contributed by atoms with Gasteiger partial charge in [-0.2, -0.15) is 0 Å². The van der Waals surface area contributed by atoms with E-state index in [2.05, 4.69) is 10.6 Å². The minimum absolute atomic E-state index is 0.0982. The number of carbonyl (C=O) groups excluding carboxylic acids is 3. The van der Waals surface area contributed by atoms with Gasteiger partial charge in [0, 0.05) is 6.42 Å². The molecule has 0 aromatic heterocycles. The van der Waals surface area contributed by atoms with E-state index in [4.69, 9.17) is 15.9 Å². The van der Waals surface area contributed by atoms with Crippen molar-refractivity contribution in [1.82, 2.24) is 16.0 Å². The highest BCUT2D eigenvalue weighted by atomic mass is 16.4. The molecule has 0 bridgehead atoms. The fraction of sp³-hybridized carbons (Fsp3) is 0.524. The van der Waals surface area contributed by atoms with Gasteiger partial charge in [-0.1, -0.05) is 44.2 Å². The van der Waals surface area contributed by atoms with E-state index in [0.717, 1.165) is 5.56 Å². The zero-order chi connectivity index (χ0) is 24.3. The van der Waals surface area contributed by atoms with Crippen molar-refractivity contribution < 1.29 is 34.5 Å². The second kappa shape index (κ2) is 13.4. The van der Waals surface area contributed by atoms with Crippen molar-refractivity contribution in [2.24, 2.45) is 11.7 Å². The normalized spacial score (nSPS) is 14.7. The van der Waals surface area contributed by atoms with Crippen LogP contribution in [0.5, 0.6) is 0 Å². The minimum Gasteiger partial charge on any atom is -0.480 e. The molecule has 3 amide bonds. The molecule has 0 fully saturated rings. The van der Waals surface area contributed by atoms with Gasteiger partial charge in [0.15, 0.2) is 0 Å². The van der Waals surface area contributed by atoms with Gasteiger partial charge in [0.2, 0.25) is 17.7 Å². The summed E-state index contributed by atoms with van der Waals surface area (Å²) < 4.78 is 0. The van der Waals surface area contributed by atoms with Gasteiger partial charge in [0.05, 0.1) is 19.3 Å². The molecule has 1 aromatic carbocycles. The van der Waals surface area contributed by atoms with Crippen molar-refractivity contribution >= 4 is 23.7 Å².